The first-order chi connectivity index (χ1) is 28.0. The number of hydrogen-bond donors (Lipinski definition) is 0. The second-order valence-corrected chi connectivity index (χ2v) is 14.1. The highest BCUT2D eigenvalue weighted by Gasteiger charge is 2.53. The summed E-state index contributed by atoms with van der Waals surface area (Å²) >= 11 is 0. The van der Waals surface area contributed by atoms with Gasteiger partial charge in [0.25, 0.3) is 0 Å². The van der Waals surface area contributed by atoms with Crippen molar-refractivity contribution >= 4 is 12.1 Å². The number of benzene rings is 4. The van der Waals surface area contributed by atoms with Crippen LogP contribution in [0.25, 0.3) is 0 Å². The lowest BCUT2D eigenvalue weighted by Gasteiger charge is -2.44. The fraction of sp³-hybridized carbons (Fsp3) is 0.326. The Bertz CT molecular complexity index is 1990. The molecule has 1 amide bonds. The number of carbonyl (C=O) groups excluding carboxylic acids is 2. The molecule has 2 aliphatic rings. The average Bonchev–Trinajstić information content (AvgIpc) is 3.74. The van der Waals surface area contributed by atoms with E-state index in [2.05, 4.69) is 4.98 Å². The minimum absolute atomic E-state index is 0.00470. The smallest absolute Gasteiger partial charge is 0.412 e. The Morgan fingerprint density at radius 1 is 0.667 bits per heavy atom. The number of nitrogens with zero attached hydrogens (tertiary/aromatic N) is 2. The summed E-state index contributed by atoms with van der Waals surface area (Å²) in [6.07, 6.45) is -3.15. The molecule has 2 aliphatic heterocycles. The Hall–Kier alpha value is -5.59. The summed E-state index contributed by atoms with van der Waals surface area (Å²) in [4.78, 5) is 34.3. The molecular weight excluding hydrogens is 725 g/mol. The lowest BCUT2D eigenvalue weighted by atomic mass is 9.97. The van der Waals surface area contributed by atoms with Crippen molar-refractivity contribution in [2.45, 2.75) is 82.9 Å². The maximum atomic E-state index is 14.2. The zero-order valence-electron chi connectivity index (χ0n) is 32.0. The fourth-order valence-electron chi connectivity index (χ4n) is 6.98. The van der Waals surface area contributed by atoms with Gasteiger partial charge in [0.2, 0.25) is 6.29 Å². The standard InChI is InChI=1S/C46H48N2O9/c1-33-39(25-14-26-47-33)51-32-38-24-15-27-48(38)46(50)57-45-43(54-30-36-20-10-4-11-21-36)41(53-29-35-18-8-3-9-19-35)40(52-28-34-16-6-2-7-17-34)42(56-45)44(49)55-31-37-22-12-5-13-23-37/h2-14,16-23,25-26,38,40-43,45H,15,24,27-32H2,1H3/t38-,40-,41-,42-,43+,45-/m0/s1. The lowest BCUT2D eigenvalue weighted by Crippen LogP contribution is -2.63. The Morgan fingerprint density at radius 3 is 1.75 bits per heavy atom. The molecule has 0 unspecified atom stereocenters. The van der Waals surface area contributed by atoms with Crippen LogP contribution >= 0.6 is 0 Å². The summed E-state index contributed by atoms with van der Waals surface area (Å²) in [5, 5.41) is 0. The van der Waals surface area contributed by atoms with E-state index in [0.717, 1.165) is 40.8 Å². The molecule has 11 nitrogen and oxygen atoms in total. The average molecular weight is 773 g/mol. The van der Waals surface area contributed by atoms with E-state index in [4.69, 9.17) is 33.2 Å². The van der Waals surface area contributed by atoms with Crippen molar-refractivity contribution in [2.24, 2.45) is 0 Å². The van der Waals surface area contributed by atoms with Crippen LogP contribution in [0.3, 0.4) is 0 Å². The van der Waals surface area contributed by atoms with Crippen LogP contribution in [0.4, 0.5) is 4.79 Å². The number of aromatic nitrogens is 1. The van der Waals surface area contributed by atoms with Gasteiger partial charge in [0.1, 0.15) is 37.3 Å². The van der Waals surface area contributed by atoms with Gasteiger partial charge in [-0.1, -0.05) is 121 Å². The van der Waals surface area contributed by atoms with Crippen LogP contribution in [0.2, 0.25) is 0 Å². The highest BCUT2D eigenvalue weighted by atomic mass is 16.7. The summed E-state index contributed by atoms with van der Waals surface area (Å²) in [6, 6.07) is 41.7. The summed E-state index contributed by atoms with van der Waals surface area (Å²) in [7, 11) is 0. The van der Waals surface area contributed by atoms with Crippen LogP contribution < -0.4 is 4.74 Å². The van der Waals surface area contributed by atoms with Gasteiger partial charge < -0.3 is 38.1 Å². The minimum Gasteiger partial charge on any atom is -0.490 e. The maximum absolute atomic E-state index is 14.2. The van der Waals surface area contributed by atoms with Crippen LogP contribution in [0.15, 0.2) is 140 Å². The molecule has 0 bridgehead atoms. The molecule has 0 radical (unpaired) electrons. The van der Waals surface area contributed by atoms with Crippen molar-refractivity contribution in [3.63, 3.8) is 0 Å². The van der Waals surface area contributed by atoms with Crippen LogP contribution in [0.1, 0.15) is 40.8 Å². The maximum Gasteiger partial charge on any atom is 0.412 e. The van der Waals surface area contributed by atoms with E-state index in [1.807, 2.05) is 140 Å². The molecule has 296 valence electrons. The Kier molecular flexibility index (Phi) is 13.9. The number of likely N-dealkylation sites (tertiary alicyclic amines) is 1. The predicted molar refractivity (Wildman–Crippen MR) is 211 cm³/mol. The van der Waals surface area contributed by atoms with Crippen LogP contribution in [0, 0.1) is 6.92 Å². The van der Waals surface area contributed by atoms with E-state index in [1.54, 1.807) is 11.1 Å². The topological polar surface area (TPSA) is 115 Å². The molecule has 2 saturated heterocycles. The summed E-state index contributed by atoms with van der Waals surface area (Å²) in [6.45, 7) is 3.05. The summed E-state index contributed by atoms with van der Waals surface area (Å²) in [5.74, 6) is -0.0356. The third kappa shape index (κ3) is 10.8. The van der Waals surface area contributed by atoms with Crippen molar-refractivity contribution in [3.05, 3.63) is 168 Å². The first-order valence-corrected chi connectivity index (χ1v) is 19.4. The highest BCUT2D eigenvalue weighted by Crippen LogP contribution is 2.33. The van der Waals surface area contributed by atoms with Crippen molar-refractivity contribution in [3.8, 4) is 5.75 Å². The Morgan fingerprint density at radius 2 is 1.19 bits per heavy atom. The van der Waals surface area contributed by atoms with Gasteiger partial charge in [0.05, 0.1) is 31.6 Å². The number of amides is 1. The van der Waals surface area contributed by atoms with Crippen LogP contribution in [-0.2, 0) is 59.6 Å². The van der Waals surface area contributed by atoms with E-state index >= 15 is 0 Å². The van der Waals surface area contributed by atoms with Crippen molar-refractivity contribution in [1.82, 2.24) is 9.88 Å². The van der Waals surface area contributed by atoms with Crippen LogP contribution in [0.5, 0.6) is 5.75 Å². The van der Waals surface area contributed by atoms with Gasteiger partial charge >= 0.3 is 12.1 Å². The fourth-order valence-corrected chi connectivity index (χ4v) is 6.98. The molecule has 2 fully saturated rings. The van der Waals surface area contributed by atoms with Crippen molar-refractivity contribution in [2.75, 3.05) is 13.2 Å². The number of carbonyl (C=O) groups is 2. The number of rotatable bonds is 16. The number of esters is 1. The number of pyridine rings is 1. The van der Waals surface area contributed by atoms with E-state index in [-0.39, 0.29) is 39.1 Å². The second-order valence-electron chi connectivity index (χ2n) is 14.1. The molecule has 0 aliphatic carbocycles. The van der Waals surface area contributed by atoms with Gasteiger partial charge in [-0.15, -0.1) is 0 Å². The SMILES string of the molecule is Cc1ncccc1OC[C@@H]1CCCN1C(=O)O[C@@H]1O[C@H](C(=O)OCc2ccccc2)[C@@H](OCc2ccccc2)[C@H](OCc2ccccc2)[C@H]1OCc1ccccc1. The van der Waals surface area contributed by atoms with Gasteiger partial charge in [-0.2, -0.15) is 0 Å². The van der Waals surface area contributed by atoms with Gasteiger partial charge in [-0.3, -0.25) is 4.98 Å². The first kappa shape index (κ1) is 39.6. The van der Waals surface area contributed by atoms with E-state index in [0.29, 0.717) is 12.3 Å². The molecule has 3 heterocycles. The Labute approximate surface area is 333 Å². The zero-order valence-corrected chi connectivity index (χ0v) is 32.0. The molecule has 0 saturated carbocycles. The Balaban J connectivity index is 1.19. The van der Waals surface area contributed by atoms with E-state index < -0.39 is 42.8 Å². The molecule has 0 spiro atoms. The highest BCUT2D eigenvalue weighted by molar-refractivity contribution is 5.76. The molecule has 1 aromatic heterocycles. The predicted octanol–water partition coefficient (Wildman–Crippen LogP) is 7.59. The molecule has 0 N–H and O–H groups in total. The molecule has 11 heteroatoms. The molecule has 57 heavy (non-hydrogen) atoms. The molecular formula is C46H48N2O9. The van der Waals surface area contributed by atoms with E-state index in [9.17, 15) is 9.59 Å². The third-order valence-electron chi connectivity index (χ3n) is 10.0. The lowest BCUT2D eigenvalue weighted by molar-refractivity contribution is -0.309. The summed E-state index contributed by atoms with van der Waals surface area (Å²) < 4.78 is 44.7. The molecule has 6 atom stereocenters. The van der Waals surface area contributed by atoms with Gasteiger partial charge in [-0.25, -0.2) is 9.59 Å². The molecule has 7 rings (SSSR count). The van der Waals surface area contributed by atoms with Crippen molar-refractivity contribution in [1.29, 1.82) is 0 Å². The number of ether oxygens (including phenoxy) is 7. The first-order valence-electron chi connectivity index (χ1n) is 19.4. The largest absolute Gasteiger partial charge is 0.490 e. The second kappa shape index (κ2) is 20.0. The quantitative estimate of drug-likeness (QED) is 0.0930. The number of aryl methyl sites for hydroxylation is 1. The third-order valence-corrected chi connectivity index (χ3v) is 10.0. The summed E-state index contributed by atoms with van der Waals surface area (Å²) in [5.41, 5.74) is 4.23. The van der Waals surface area contributed by atoms with Gasteiger partial charge in [-0.05, 0) is 54.2 Å². The number of hydrogen-bond acceptors (Lipinski definition) is 10. The monoisotopic (exact) mass is 772 g/mol. The zero-order chi connectivity index (χ0) is 39.2. The van der Waals surface area contributed by atoms with Gasteiger partial charge in [0.15, 0.2) is 6.10 Å². The van der Waals surface area contributed by atoms with Crippen molar-refractivity contribution < 1.29 is 42.7 Å². The molecule has 5 aromatic rings. The molecule has 4 aromatic carbocycles. The minimum atomic E-state index is -1.38. The normalized spacial score (nSPS) is 21.8. The van der Waals surface area contributed by atoms with E-state index in [1.165, 1.54) is 0 Å². The van der Waals surface area contributed by atoms with Crippen LogP contribution in [-0.4, -0.2) is 71.8 Å². The van der Waals surface area contributed by atoms with Gasteiger partial charge in [0, 0.05) is 12.7 Å².